The molecule has 1 unspecified atom stereocenters. The number of aliphatic hydroxyl groups excluding tert-OH is 1. The summed E-state index contributed by atoms with van der Waals surface area (Å²) in [4.78, 5) is 13.9. The Labute approximate surface area is 101 Å². The maximum absolute atomic E-state index is 12.2. The standard InChI is InChI=1S/C13H17NO3/c1-9(15)8-14-6-5-10-3-4-11(17-2)7-12(10)13(14)16/h3-4,7,9,15H,5-6,8H2,1-2H3. The van der Waals surface area contributed by atoms with Crippen LogP contribution < -0.4 is 4.74 Å². The van der Waals surface area contributed by atoms with Gasteiger partial charge in [-0.3, -0.25) is 4.79 Å². The van der Waals surface area contributed by atoms with Crippen LogP contribution in [0.15, 0.2) is 18.2 Å². The molecule has 0 spiro atoms. The van der Waals surface area contributed by atoms with E-state index in [1.807, 2.05) is 12.1 Å². The highest BCUT2D eigenvalue weighted by Gasteiger charge is 2.25. The minimum absolute atomic E-state index is 0.0222. The maximum atomic E-state index is 12.2. The third-order valence-corrected chi connectivity index (χ3v) is 2.97. The second-order valence-electron chi connectivity index (χ2n) is 4.37. The molecule has 4 nitrogen and oxygen atoms in total. The van der Waals surface area contributed by atoms with Gasteiger partial charge in [0.05, 0.1) is 13.2 Å². The second-order valence-corrected chi connectivity index (χ2v) is 4.37. The smallest absolute Gasteiger partial charge is 0.254 e. The summed E-state index contributed by atoms with van der Waals surface area (Å²) in [5.41, 5.74) is 1.74. The van der Waals surface area contributed by atoms with Crippen molar-refractivity contribution in [2.45, 2.75) is 19.4 Å². The van der Waals surface area contributed by atoms with E-state index in [2.05, 4.69) is 0 Å². The van der Waals surface area contributed by atoms with Gasteiger partial charge in [-0.05, 0) is 31.0 Å². The van der Waals surface area contributed by atoms with Crippen LogP contribution in [0.4, 0.5) is 0 Å². The van der Waals surface area contributed by atoms with Crippen LogP contribution in [-0.2, 0) is 6.42 Å². The topological polar surface area (TPSA) is 49.8 Å². The van der Waals surface area contributed by atoms with Gasteiger partial charge >= 0.3 is 0 Å². The van der Waals surface area contributed by atoms with E-state index in [0.29, 0.717) is 24.4 Å². The van der Waals surface area contributed by atoms with Gasteiger partial charge < -0.3 is 14.7 Å². The van der Waals surface area contributed by atoms with Gasteiger partial charge in [0.1, 0.15) is 5.75 Å². The van der Waals surface area contributed by atoms with Crippen LogP contribution in [0.25, 0.3) is 0 Å². The van der Waals surface area contributed by atoms with Crippen molar-refractivity contribution in [1.82, 2.24) is 4.90 Å². The molecule has 0 aliphatic carbocycles. The Kier molecular flexibility index (Phi) is 3.33. The first-order valence-electron chi connectivity index (χ1n) is 5.76. The van der Waals surface area contributed by atoms with Gasteiger partial charge in [0.25, 0.3) is 5.91 Å². The molecule has 1 aromatic rings. The number of nitrogens with zero attached hydrogens (tertiary/aromatic N) is 1. The number of hydrogen-bond donors (Lipinski definition) is 1. The van der Waals surface area contributed by atoms with Gasteiger partial charge in [-0.15, -0.1) is 0 Å². The molecule has 1 atom stereocenters. The number of carbonyl (C=O) groups excluding carboxylic acids is 1. The van der Waals surface area contributed by atoms with Crippen LogP contribution in [0, 0.1) is 0 Å². The number of amides is 1. The van der Waals surface area contributed by atoms with Crippen molar-refractivity contribution in [2.75, 3.05) is 20.2 Å². The van der Waals surface area contributed by atoms with Crippen LogP contribution in [-0.4, -0.2) is 42.2 Å². The fraction of sp³-hybridized carbons (Fsp3) is 0.462. The minimum Gasteiger partial charge on any atom is -0.497 e. The highest BCUT2D eigenvalue weighted by Crippen LogP contribution is 2.23. The van der Waals surface area contributed by atoms with Crippen molar-refractivity contribution in [1.29, 1.82) is 0 Å². The molecular weight excluding hydrogens is 218 g/mol. The van der Waals surface area contributed by atoms with Crippen molar-refractivity contribution < 1.29 is 14.6 Å². The van der Waals surface area contributed by atoms with Crippen LogP contribution >= 0.6 is 0 Å². The number of methoxy groups -OCH3 is 1. The molecule has 1 aromatic carbocycles. The first-order valence-corrected chi connectivity index (χ1v) is 5.76. The van der Waals surface area contributed by atoms with Gasteiger partial charge in [0.2, 0.25) is 0 Å². The van der Waals surface area contributed by atoms with Crippen molar-refractivity contribution >= 4 is 5.91 Å². The highest BCUT2D eigenvalue weighted by atomic mass is 16.5. The van der Waals surface area contributed by atoms with E-state index in [9.17, 15) is 9.90 Å². The Morgan fingerprint density at radius 3 is 2.94 bits per heavy atom. The fourth-order valence-electron chi connectivity index (χ4n) is 2.12. The first kappa shape index (κ1) is 11.9. The molecule has 17 heavy (non-hydrogen) atoms. The largest absolute Gasteiger partial charge is 0.497 e. The lowest BCUT2D eigenvalue weighted by atomic mass is 9.98. The summed E-state index contributed by atoms with van der Waals surface area (Å²) in [6.45, 7) is 2.74. The molecule has 2 rings (SSSR count). The number of hydrogen-bond acceptors (Lipinski definition) is 3. The van der Waals surface area contributed by atoms with E-state index in [0.717, 1.165) is 12.0 Å². The zero-order chi connectivity index (χ0) is 12.4. The predicted molar refractivity (Wildman–Crippen MR) is 64.3 cm³/mol. The lowest BCUT2D eigenvalue weighted by Gasteiger charge is -2.29. The Hall–Kier alpha value is -1.55. The summed E-state index contributed by atoms with van der Waals surface area (Å²) in [5.74, 6) is 0.669. The summed E-state index contributed by atoms with van der Waals surface area (Å²) < 4.78 is 5.12. The molecule has 0 bridgehead atoms. The predicted octanol–water partition coefficient (Wildman–Crippen LogP) is 1.07. The zero-order valence-corrected chi connectivity index (χ0v) is 10.1. The minimum atomic E-state index is -0.494. The molecule has 0 radical (unpaired) electrons. The van der Waals surface area contributed by atoms with Crippen LogP contribution in [0.5, 0.6) is 5.75 Å². The number of carbonyl (C=O) groups is 1. The number of β-amino-alcohol motifs (C(OH)–C–C–N with tert-alkyl or cyclic N) is 1. The number of benzene rings is 1. The molecule has 1 amide bonds. The molecule has 0 saturated heterocycles. The number of ether oxygens (including phenoxy) is 1. The fourth-order valence-corrected chi connectivity index (χ4v) is 2.12. The first-order chi connectivity index (χ1) is 8.11. The van der Waals surface area contributed by atoms with Crippen molar-refractivity contribution in [2.24, 2.45) is 0 Å². The van der Waals surface area contributed by atoms with Crippen molar-refractivity contribution in [3.8, 4) is 5.75 Å². The average molecular weight is 235 g/mol. The number of aliphatic hydroxyl groups is 1. The summed E-state index contributed by atoms with van der Waals surface area (Å²) in [5, 5.41) is 9.35. The maximum Gasteiger partial charge on any atom is 0.254 e. The molecule has 92 valence electrons. The van der Waals surface area contributed by atoms with Crippen molar-refractivity contribution in [3.05, 3.63) is 29.3 Å². The number of rotatable bonds is 3. The Bertz CT molecular complexity index is 429. The van der Waals surface area contributed by atoms with E-state index in [-0.39, 0.29) is 5.91 Å². The third-order valence-electron chi connectivity index (χ3n) is 2.97. The van der Waals surface area contributed by atoms with E-state index in [1.165, 1.54) is 0 Å². The van der Waals surface area contributed by atoms with Gasteiger partial charge in [0.15, 0.2) is 0 Å². The molecule has 1 heterocycles. The summed E-state index contributed by atoms with van der Waals surface area (Å²) >= 11 is 0. The quantitative estimate of drug-likeness (QED) is 0.852. The summed E-state index contributed by atoms with van der Waals surface area (Å²) in [7, 11) is 1.59. The SMILES string of the molecule is COc1ccc2c(c1)C(=O)N(CC(C)O)CC2. The monoisotopic (exact) mass is 235 g/mol. The van der Waals surface area contributed by atoms with Gasteiger partial charge in [-0.2, -0.15) is 0 Å². The second kappa shape index (κ2) is 4.75. The molecule has 0 fully saturated rings. The van der Waals surface area contributed by atoms with E-state index in [4.69, 9.17) is 4.74 Å². The van der Waals surface area contributed by atoms with E-state index in [1.54, 1.807) is 25.0 Å². The summed E-state index contributed by atoms with van der Waals surface area (Å²) in [6.07, 6.45) is 0.337. The molecule has 4 heteroatoms. The lowest BCUT2D eigenvalue weighted by Crippen LogP contribution is -2.41. The number of fused-ring (bicyclic) bond motifs is 1. The van der Waals surface area contributed by atoms with Gasteiger partial charge in [-0.25, -0.2) is 0 Å². The molecule has 1 aliphatic heterocycles. The zero-order valence-electron chi connectivity index (χ0n) is 10.1. The Morgan fingerprint density at radius 1 is 1.53 bits per heavy atom. The molecular formula is C13H17NO3. The van der Waals surface area contributed by atoms with E-state index >= 15 is 0 Å². The lowest BCUT2D eigenvalue weighted by molar-refractivity contribution is 0.0630. The van der Waals surface area contributed by atoms with Crippen LogP contribution in [0.3, 0.4) is 0 Å². The molecule has 0 aromatic heterocycles. The molecule has 1 N–H and O–H groups in total. The van der Waals surface area contributed by atoms with Crippen LogP contribution in [0.2, 0.25) is 0 Å². The third kappa shape index (κ3) is 2.42. The normalized spacial score (nSPS) is 16.6. The molecule has 1 aliphatic rings. The highest BCUT2D eigenvalue weighted by molar-refractivity contribution is 5.97. The van der Waals surface area contributed by atoms with Crippen molar-refractivity contribution in [3.63, 3.8) is 0 Å². The summed E-state index contributed by atoms with van der Waals surface area (Å²) in [6, 6.07) is 5.58. The Morgan fingerprint density at radius 2 is 2.29 bits per heavy atom. The van der Waals surface area contributed by atoms with Crippen LogP contribution in [0.1, 0.15) is 22.8 Å². The van der Waals surface area contributed by atoms with Gasteiger partial charge in [-0.1, -0.05) is 6.07 Å². The Balaban J connectivity index is 2.27. The van der Waals surface area contributed by atoms with Gasteiger partial charge in [0, 0.05) is 18.7 Å². The van der Waals surface area contributed by atoms with E-state index < -0.39 is 6.10 Å². The molecule has 0 saturated carbocycles. The average Bonchev–Trinajstić information content (AvgIpc) is 2.32.